The van der Waals surface area contributed by atoms with Crippen LogP contribution in [0.15, 0.2) is 22.8 Å². The van der Waals surface area contributed by atoms with Gasteiger partial charge in [0, 0.05) is 16.7 Å². The van der Waals surface area contributed by atoms with E-state index in [1.54, 1.807) is 6.08 Å². The van der Waals surface area contributed by atoms with Gasteiger partial charge >= 0.3 is 6.16 Å². The largest absolute Gasteiger partial charge is 0.410 e. The summed E-state index contributed by atoms with van der Waals surface area (Å²) in [5.74, 6) is -0.443. The number of hydrogen-bond acceptors (Lipinski definition) is 8. The first kappa shape index (κ1) is 31.5. The van der Waals surface area contributed by atoms with Crippen LogP contribution in [0.1, 0.15) is 99.3 Å². The summed E-state index contributed by atoms with van der Waals surface area (Å²) in [6.07, 6.45) is 4.54. The fourth-order valence-corrected chi connectivity index (χ4v) is 8.47. The topological polar surface area (TPSA) is 123 Å². The van der Waals surface area contributed by atoms with Crippen LogP contribution in [-0.2, 0) is 23.8 Å². The lowest BCUT2D eigenvalue weighted by atomic mass is 9.44. The summed E-state index contributed by atoms with van der Waals surface area (Å²) in [5.41, 5.74) is -0.122. The SMILES string of the molecule is CCCCOC(O)(OCCCC)OCC(=O)[C@@]1(O)CC[C@H]2[C@@H]3CCC4=CC(=O)C(C)=C(C)[C@]4(C)[C@H]3C(O)C[C@@]21C. The van der Waals surface area contributed by atoms with Gasteiger partial charge in [-0.05, 0) is 82.3 Å². The predicted molar refractivity (Wildman–Crippen MR) is 150 cm³/mol. The highest BCUT2D eigenvalue weighted by atomic mass is 17.0. The molecule has 0 aromatic carbocycles. The minimum atomic E-state index is -2.35. The van der Waals surface area contributed by atoms with Gasteiger partial charge in [0.2, 0.25) is 0 Å². The van der Waals surface area contributed by atoms with E-state index in [4.69, 9.17) is 14.2 Å². The second kappa shape index (κ2) is 11.7. The van der Waals surface area contributed by atoms with Crippen LogP contribution in [0, 0.1) is 28.6 Å². The third-order valence-corrected chi connectivity index (χ3v) is 11.1. The zero-order valence-corrected chi connectivity index (χ0v) is 25.3. The van der Waals surface area contributed by atoms with Gasteiger partial charge in [0.05, 0.1) is 19.3 Å². The van der Waals surface area contributed by atoms with E-state index in [0.717, 1.165) is 42.4 Å². The van der Waals surface area contributed by atoms with E-state index in [9.17, 15) is 24.9 Å². The van der Waals surface area contributed by atoms with E-state index in [-0.39, 0.29) is 49.6 Å². The minimum Gasteiger partial charge on any atom is -0.393 e. The lowest BCUT2D eigenvalue weighted by Gasteiger charge is -2.60. The van der Waals surface area contributed by atoms with Crippen LogP contribution in [0.2, 0.25) is 0 Å². The van der Waals surface area contributed by atoms with Gasteiger partial charge in [0.25, 0.3) is 0 Å². The van der Waals surface area contributed by atoms with Crippen LogP contribution < -0.4 is 0 Å². The van der Waals surface area contributed by atoms with Crippen LogP contribution in [0.25, 0.3) is 0 Å². The Kier molecular flexibility index (Phi) is 9.21. The predicted octanol–water partition coefficient (Wildman–Crippen LogP) is 4.60. The van der Waals surface area contributed by atoms with Crippen LogP contribution in [-0.4, -0.2) is 64.6 Å². The second-order valence-electron chi connectivity index (χ2n) is 13.0. The molecule has 8 nitrogen and oxygen atoms in total. The van der Waals surface area contributed by atoms with Gasteiger partial charge < -0.3 is 24.8 Å². The number of unbranched alkanes of at least 4 members (excludes halogenated alkanes) is 2. The Bertz CT molecular complexity index is 1040. The van der Waals surface area contributed by atoms with E-state index in [1.165, 1.54) is 0 Å². The van der Waals surface area contributed by atoms with Gasteiger partial charge in [-0.15, -0.1) is 0 Å². The van der Waals surface area contributed by atoms with Crippen molar-refractivity contribution < 1.29 is 39.1 Å². The molecule has 3 saturated carbocycles. The first-order valence-electron chi connectivity index (χ1n) is 15.3. The fraction of sp³-hybridized carbons (Fsp3) is 0.812. The van der Waals surface area contributed by atoms with Crippen molar-refractivity contribution in [3.8, 4) is 0 Å². The standard InChI is InChI=1S/C32H50O8/c1-7-9-15-38-32(37,39-16-10-8-2)40-19-27(35)31(36)14-13-24-23-12-11-22-17-25(33)20(3)21(4)30(22,6)28(23)26(34)18-29(24,31)5/h17,23-24,26,28,34,36-37H,7-16,18-19H2,1-6H3/t23-,24-,26?,28+,29-,30-,31-/m0/s1. The number of carbonyl (C=O) groups is 2. The minimum absolute atomic E-state index is 0.0273. The molecular formula is C32H50O8. The highest BCUT2D eigenvalue weighted by molar-refractivity contribution is 6.06. The number of aliphatic hydroxyl groups excluding tert-OH is 1. The van der Waals surface area contributed by atoms with Crippen LogP contribution >= 0.6 is 0 Å². The highest BCUT2D eigenvalue weighted by Gasteiger charge is 2.68. The molecule has 7 atom stereocenters. The average molecular weight is 563 g/mol. The molecule has 0 saturated heterocycles. The van der Waals surface area contributed by atoms with Crippen LogP contribution in [0.5, 0.6) is 0 Å². The maximum absolute atomic E-state index is 13.7. The molecular weight excluding hydrogens is 512 g/mol. The number of Topliss-reactive ketones (excluding diaryl/α,β-unsaturated/α-hetero) is 1. The van der Waals surface area contributed by atoms with Gasteiger partial charge in [0.1, 0.15) is 12.2 Å². The third-order valence-electron chi connectivity index (χ3n) is 11.1. The number of aliphatic hydroxyl groups is 3. The third kappa shape index (κ3) is 5.07. The maximum Gasteiger partial charge on any atom is 0.410 e. The van der Waals surface area contributed by atoms with E-state index in [1.807, 2.05) is 34.6 Å². The number of ketones is 2. The lowest BCUT2D eigenvalue weighted by Crippen LogP contribution is -2.62. The van der Waals surface area contributed by atoms with Crippen molar-refractivity contribution in [1.29, 1.82) is 0 Å². The Hall–Kier alpha value is -1.42. The van der Waals surface area contributed by atoms with Crippen molar-refractivity contribution in [3.63, 3.8) is 0 Å². The van der Waals surface area contributed by atoms with E-state index in [0.29, 0.717) is 19.3 Å². The number of allylic oxidation sites excluding steroid dienone is 4. The normalized spacial score (nSPS) is 37.6. The van der Waals surface area contributed by atoms with Crippen molar-refractivity contribution in [2.45, 2.75) is 117 Å². The first-order chi connectivity index (χ1) is 18.8. The molecule has 3 N–H and O–H groups in total. The number of rotatable bonds is 12. The molecule has 0 radical (unpaired) electrons. The quantitative estimate of drug-likeness (QED) is 0.233. The lowest BCUT2D eigenvalue weighted by molar-refractivity contribution is -0.483. The highest BCUT2D eigenvalue weighted by Crippen LogP contribution is 2.68. The number of ether oxygens (including phenoxy) is 3. The number of fused-ring (bicyclic) bond motifs is 5. The van der Waals surface area contributed by atoms with Crippen molar-refractivity contribution in [2.75, 3.05) is 19.8 Å². The Morgan fingerprint density at radius 1 is 1.07 bits per heavy atom. The summed E-state index contributed by atoms with van der Waals surface area (Å²) < 4.78 is 16.5. The average Bonchev–Trinajstić information content (AvgIpc) is 3.18. The summed E-state index contributed by atoms with van der Waals surface area (Å²) in [6.45, 7) is 11.8. The summed E-state index contributed by atoms with van der Waals surface area (Å²) >= 11 is 0. The Balaban J connectivity index is 1.54. The Morgan fingerprint density at radius 3 is 2.30 bits per heavy atom. The van der Waals surface area contributed by atoms with Crippen molar-refractivity contribution in [1.82, 2.24) is 0 Å². The monoisotopic (exact) mass is 562 g/mol. The summed E-state index contributed by atoms with van der Waals surface area (Å²) in [6, 6.07) is 0. The number of hydrogen-bond donors (Lipinski definition) is 3. The zero-order valence-electron chi connectivity index (χ0n) is 25.3. The molecule has 4 aliphatic rings. The van der Waals surface area contributed by atoms with E-state index < -0.39 is 41.1 Å². The molecule has 226 valence electrons. The summed E-state index contributed by atoms with van der Waals surface area (Å²) in [4.78, 5) is 26.3. The fourth-order valence-electron chi connectivity index (χ4n) is 8.47. The van der Waals surface area contributed by atoms with Crippen LogP contribution in [0.4, 0.5) is 0 Å². The Labute approximate surface area is 239 Å². The van der Waals surface area contributed by atoms with E-state index in [2.05, 4.69) is 6.92 Å². The van der Waals surface area contributed by atoms with Crippen molar-refractivity contribution in [3.05, 3.63) is 22.8 Å². The molecule has 0 aromatic heterocycles. The molecule has 8 heteroatoms. The van der Waals surface area contributed by atoms with Gasteiger partial charge in [-0.2, -0.15) is 0 Å². The van der Waals surface area contributed by atoms with Gasteiger partial charge in [-0.3, -0.25) is 14.3 Å². The van der Waals surface area contributed by atoms with Crippen molar-refractivity contribution in [2.24, 2.45) is 28.6 Å². The molecule has 40 heavy (non-hydrogen) atoms. The van der Waals surface area contributed by atoms with Gasteiger partial charge in [-0.25, -0.2) is 0 Å². The molecule has 0 amide bonds. The molecule has 4 rings (SSSR count). The summed E-state index contributed by atoms with van der Waals surface area (Å²) in [7, 11) is 0. The molecule has 4 aliphatic carbocycles. The van der Waals surface area contributed by atoms with E-state index >= 15 is 0 Å². The summed E-state index contributed by atoms with van der Waals surface area (Å²) in [5, 5.41) is 34.6. The maximum atomic E-state index is 13.7. The molecule has 0 aromatic rings. The smallest absolute Gasteiger partial charge is 0.393 e. The molecule has 0 aliphatic heterocycles. The molecule has 1 unspecified atom stereocenters. The van der Waals surface area contributed by atoms with Gasteiger partial charge in [0.15, 0.2) is 11.6 Å². The molecule has 0 spiro atoms. The Morgan fingerprint density at radius 2 is 1.70 bits per heavy atom. The zero-order chi connectivity index (χ0) is 29.5. The first-order valence-corrected chi connectivity index (χ1v) is 15.3. The second-order valence-corrected chi connectivity index (χ2v) is 13.0. The molecule has 3 fully saturated rings. The van der Waals surface area contributed by atoms with Crippen molar-refractivity contribution >= 4 is 11.6 Å². The number of carbonyl (C=O) groups excluding carboxylic acids is 2. The molecule has 0 heterocycles. The molecule has 0 bridgehead atoms. The van der Waals surface area contributed by atoms with Gasteiger partial charge in [-0.1, -0.05) is 51.7 Å². The van der Waals surface area contributed by atoms with Crippen LogP contribution in [0.3, 0.4) is 0 Å².